The van der Waals surface area contributed by atoms with Crippen molar-refractivity contribution in [3.05, 3.63) is 34.3 Å². The van der Waals surface area contributed by atoms with Crippen molar-refractivity contribution in [1.82, 2.24) is 0 Å². The topological polar surface area (TPSA) is 17.1 Å². The Balaban J connectivity index is 2.41. The lowest BCUT2D eigenvalue weighted by atomic mass is 10.1. The molecule has 0 radical (unpaired) electrons. The van der Waals surface area contributed by atoms with Crippen LogP contribution in [0.4, 0.5) is 0 Å². The number of hydrogen-bond donors (Lipinski definition) is 0. The standard InChI is InChI=1S/C10H10BrClO/c11-9-5-1-3-8(7-9)4-2-6-10(12)13/h1,3,5,7H,2,4,6H2. The second-order valence-corrected chi connectivity index (χ2v) is 4.18. The van der Waals surface area contributed by atoms with Gasteiger partial charge in [0.2, 0.25) is 5.24 Å². The van der Waals surface area contributed by atoms with Crippen molar-refractivity contribution in [3.8, 4) is 0 Å². The predicted molar refractivity (Wildman–Crippen MR) is 57.9 cm³/mol. The molecule has 0 spiro atoms. The van der Waals surface area contributed by atoms with Crippen LogP contribution in [-0.4, -0.2) is 5.24 Å². The van der Waals surface area contributed by atoms with Gasteiger partial charge in [0.1, 0.15) is 0 Å². The zero-order valence-corrected chi connectivity index (χ0v) is 9.44. The molecule has 0 aliphatic carbocycles. The van der Waals surface area contributed by atoms with Crippen LogP contribution in [0.3, 0.4) is 0 Å². The highest BCUT2D eigenvalue weighted by Crippen LogP contribution is 2.13. The van der Waals surface area contributed by atoms with Crippen LogP contribution in [0.25, 0.3) is 0 Å². The first-order chi connectivity index (χ1) is 6.18. The Kier molecular flexibility index (Phi) is 4.46. The summed E-state index contributed by atoms with van der Waals surface area (Å²) in [5.74, 6) is 0. The quantitative estimate of drug-likeness (QED) is 0.758. The molecule has 0 N–H and O–H groups in total. The molecule has 0 aromatic heterocycles. The summed E-state index contributed by atoms with van der Waals surface area (Å²) in [5.41, 5.74) is 1.23. The average Bonchev–Trinajstić information content (AvgIpc) is 2.03. The van der Waals surface area contributed by atoms with Gasteiger partial charge in [-0.25, -0.2) is 0 Å². The van der Waals surface area contributed by atoms with E-state index in [0.717, 1.165) is 17.3 Å². The maximum Gasteiger partial charge on any atom is 0.221 e. The lowest BCUT2D eigenvalue weighted by Gasteiger charge is -1.99. The van der Waals surface area contributed by atoms with Crippen LogP contribution in [-0.2, 0) is 11.2 Å². The van der Waals surface area contributed by atoms with E-state index in [2.05, 4.69) is 22.0 Å². The maximum atomic E-state index is 10.5. The highest BCUT2D eigenvalue weighted by atomic mass is 79.9. The zero-order valence-electron chi connectivity index (χ0n) is 7.09. The van der Waals surface area contributed by atoms with Crippen molar-refractivity contribution >= 4 is 32.8 Å². The number of hydrogen-bond acceptors (Lipinski definition) is 1. The summed E-state index contributed by atoms with van der Waals surface area (Å²) >= 11 is 8.62. The molecule has 0 heterocycles. The molecular formula is C10H10BrClO. The van der Waals surface area contributed by atoms with Gasteiger partial charge in [0.25, 0.3) is 0 Å². The van der Waals surface area contributed by atoms with E-state index in [1.807, 2.05) is 18.2 Å². The molecule has 0 bridgehead atoms. The van der Waals surface area contributed by atoms with Gasteiger partial charge in [-0.3, -0.25) is 4.79 Å². The molecule has 1 aromatic rings. The fraction of sp³-hybridized carbons (Fsp3) is 0.300. The number of carbonyl (C=O) groups excluding carboxylic acids is 1. The van der Waals surface area contributed by atoms with E-state index >= 15 is 0 Å². The van der Waals surface area contributed by atoms with Crippen molar-refractivity contribution in [2.24, 2.45) is 0 Å². The van der Waals surface area contributed by atoms with Crippen LogP contribution in [0.5, 0.6) is 0 Å². The molecule has 0 amide bonds. The molecule has 1 nitrogen and oxygen atoms in total. The van der Waals surface area contributed by atoms with Gasteiger partial charge in [-0.2, -0.15) is 0 Å². The number of carbonyl (C=O) groups is 1. The van der Waals surface area contributed by atoms with Crippen LogP contribution in [0.15, 0.2) is 28.7 Å². The van der Waals surface area contributed by atoms with Crippen molar-refractivity contribution in [3.63, 3.8) is 0 Å². The molecule has 0 aliphatic rings. The molecule has 1 aromatic carbocycles. The maximum absolute atomic E-state index is 10.5. The molecule has 70 valence electrons. The molecule has 0 atom stereocenters. The largest absolute Gasteiger partial charge is 0.281 e. The number of aryl methyl sites for hydroxylation is 1. The van der Waals surface area contributed by atoms with E-state index in [0.29, 0.717) is 6.42 Å². The van der Waals surface area contributed by atoms with Crippen LogP contribution in [0, 0.1) is 0 Å². The van der Waals surface area contributed by atoms with Crippen molar-refractivity contribution in [2.75, 3.05) is 0 Å². The average molecular weight is 262 g/mol. The summed E-state index contributed by atoms with van der Waals surface area (Å²) in [7, 11) is 0. The van der Waals surface area contributed by atoms with Crippen LogP contribution in [0.2, 0.25) is 0 Å². The number of rotatable bonds is 4. The van der Waals surface area contributed by atoms with Crippen molar-refractivity contribution in [2.45, 2.75) is 19.3 Å². The summed E-state index contributed by atoms with van der Waals surface area (Å²) in [6.07, 6.45) is 2.17. The summed E-state index contributed by atoms with van der Waals surface area (Å²) in [6.45, 7) is 0. The van der Waals surface area contributed by atoms with E-state index in [1.165, 1.54) is 5.56 Å². The Labute approximate surface area is 91.2 Å². The molecular weight excluding hydrogens is 251 g/mol. The Hall–Kier alpha value is -0.340. The van der Waals surface area contributed by atoms with Gasteiger partial charge >= 0.3 is 0 Å². The second-order valence-electron chi connectivity index (χ2n) is 2.84. The lowest BCUT2D eigenvalue weighted by Crippen LogP contribution is -1.90. The van der Waals surface area contributed by atoms with Gasteiger partial charge in [-0.15, -0.1) is 0 Å². The molecule has 0 fully saturated rings. The Morgan fingerprint density at radius 3 is 2.85 bits per heavy atom. The fourth-order valence-electron chi connectivity index (χ4n) is 1.12. The summed E-state index contributed by atoms with van der Waals surface area (Å²) in [4.78, 5) is 10.5. The van der Waals surface area contributed by atoms with Crippen molar-refractivity contribution in [1.29, 1.82) is 0 Å². The minimum Gasteiger partial charge on any atom is -0.281 e. The first kappa shape index (κ1) is 10.7. The van der Waals surface area contributed by atoms with Gasteiger partial charge in [0.05, 0.1) is 0 Å². The highest BCUT2D eigenvalue weighted by molar-refractivity contribution is 9.10. The van der Waals surface area contributed by atoms with Gasteiger partial charge < -0.3 is 0 Å². The lowest BCUT2D eigenvalue weighted by molar-refractivity contribution is -0.111. The molecule has 3 heteroatoms. The molecule has 0 aliphatic heterocycles. The van der Waals surface area contributed by atoms with Gasteiger partial charge in [-0.1, -0.05) is 28.1 Å². The van der Waals surface area contributed by atoms with Gasteiger partial charge in [-0.05, 0) is 42.1 Å². The molecule has 1 rings (SSSR count). The van der Waals surface area contributed by atoms with Gasteiger partial charge in [0, 0.05) is 10.9 Å². The third-order valence-electron chi connectivity index (χ3n) is 1.73. The molecule has 13 heavy (non-hydrogen) atoms. The van der Waals surface area contributed by atoms with Crippen LogP contribution < -0.4 is 0 Å². The van der Waals surface area contributed by atoms with E-state index in [-0.39, 0.29) is 5.24 Å². The van der Waals surface area contributed by atoms with Crippen LogP contribution in [0.1, 0.15) is 18.4 Å². The van der Waals surface area contributed by atoms with E-state index in [9.17, 15) is 4.79 Å². The van der Waals surface area contributed by atoms with E-state index in [1.54, 1.807) is 0 Å². The third-order valence-corrected chi connectivity index (χ3v) is 2.41. The van der Waals surface area contributed by atoms with E-state index in [4.69, 9.17) is 11.6 Å². The molecule has 0 saturated carbocycles. The Morgan fingerprint density at radius 1 is 1.46 bits per heavy atom. The zero-order chi connectivity index (χ0) is 9.68. The Morgan fingerprint density at radius 2 is 2.23 bits per heavy atom. The molecule has 0 saturated heterocycles. The minimum atomic E-state index is -0.255. The Bertz CT molecular complexity index is 299. The first-order valence-electron chi connectivity index (χ1n) is 4.11. The SMILES string of the molecule is O=C(Cl)CCCc1cccc(Br)c1. The smallest absolute Gasteiger partial charge is 0.221 e. The first-order valence-corrected chi connectivity index (χ1v) is 5.28. The fourth-order valence-corrected chi connectivity index (χ4v) is 1.70. The summed E-state index contributed by atoms with van der Waals surface area (Å²) in [5, 5.41) is -0.255. The van der Waals surface area contributed by atoms with Gasteiger partial charge in [0.15, 0.2) is 0 Å². The van der Waals surface area contributed by atoms with E-state index < -0.39 is 0 Å². The molecule has 0 unspecified atom stereocenters. The summed E-state index contributed by atoms with van der Waals surface area (Å²) < 4.78 is 1.07. The normalized spacial score (nSPS) is 10.0. The monoisotopic (exact) mass is 260 g/mol. The van der Waals surface area contributed by atoms with Crippen LogP contribution >= 0.6 is 27.5 Å². The minimum absolute atomic E-state index is 0.255. The number of halogens is 2. The second kappa shape index (κ2) is 5.40. The van der Waals surface area contributed by atoms with Crippen molar-refractivity contribution < 1.29 is 4.79 Å². The number of benzene rings is 1. The predicted octanol–water partition coefficient (Wildman–Crippen LogP) is 3.54. The third kappa shape index (κ3) is 4.44. The summed E-state index contributed by atoms with van der Waals surface area (Å²) in [6, 6.07) is 8.07. The highest BCUT2D eigenvalue weighted by Gasteiger charge is 1.97.